The maximum atomic E-state index is 6.19. The first-order valence-corrected chi connectivity index (χ1v) is 8.71. The number of likely N-dealkylation sites (N-methyl/N-ethyl adjacent to an activating group) is 1. The second-order valence-electron chi connectivity index (χ2n) is 5.41. The van der Waals surface area contributed by atoms with E-state index in [4.69, 9.17) is 11.6 Å². The van der Waals surface area contributed by atoms with Crippen LogP contribution in [0.25, 0.3) is 0 Å². The summed E-state index contributed by atoms with van der Waals surface area (Å²) in [6.07, 6.45) is 0.984. The van der Waals surface area contributed by atoms with Crippen LogP contribution in [0, 0.1) is 17.4 Å². The third-order valence-electron chi connectivity index (χ3n) is 3.71. The van der Waals surface area contributed by atoms with Crippen molar-refractivity contribution in [1.82, 2.24) is 5.32 Å². The van der Waals surface area contributed by atoms with Gasteiger partial charge < -0.3 is 5.32 Å². The molecule has 112 valence electrons. The van der Waals surface area contributed by atoms with E-state index in [-0.39, 0.29) is 0 Å². The monoisotopic (exact) mass is 413 g/mol. The smallest absolute Gasteiger partial charge is 0.0410 e. The molecule has 0 bridgehead atoms. The summed E-state index contributed by atoms with van der Waals surface area (Å²) >= 11 is 8.58. The zero-order valence-electron chi connectivity index (χ0n) is 12.7. The molecule has 21 heavy (non-hydrogen) atoms. The van der Waals surface area contributed by atoms with Crippen LogP contribution in [0.15, 0.2) is 36.4 Å². The predicted octanol–water partition coefficient (Wildman–Crippen LogP) is 5.45. The Labute approximate surface area is 146 Å². The zero-order valence-corrected chi connectivity index (χ0v) is 15.6. The van der Waals surface area contributed by atoms with Gasteiger partial charge in [-0.2, -0.15) is 0 Å². The van der Waals surface area contributed by atoms with E-state index in [1.54, 1.807) is 0 Å². The Balaban J connectivity index is 2.35. The summed E-state index contributed by atoms with van der Waals surface area (Å²) < 4.78 is 1.26. The third kappa shape index (κ3) is 4.44. The van der Waals surface area contributed by atoms with Gasteiger partial charge in [0.1, 0.15) is 0 Å². The molecule has 1 unspecified atom stereocenters. The van der Waals surface area contributed by atoms with Crippen molar-refractivity contribution in [2.75, 3.05) is 6.54 Å². The van der Waals surface area contributed by atoms with Crippen molar-refractivity contribution in [1.29, 1.82) is 0 Å². The molecule has 0 heterocycles. The van der Waals surface area contributed by atoms with E-state index < -0.39 is 0 Å². The van der Waals surface area contributed by atoms with E-state index in [1.807, 2.05) is 6.07 Å². The van der Waals surface area contributed by atoms with Crippen molar-refractivity contribution in [3.05, 3.63) is 67.2 Å². The first-order valence-electron chi connectivity index (χ1n) is 7.25. The Morgan fingerprint density at radius 2 is 1.90 bits per heavy atom. The van der Waals surface area contributed by atoms with E-state index in [2.05, 4.69) is 79.0 Å². The average Bonchev–Trinajstić information content (AvgIpc) is 2.45. The minimum atomic E-state index is 0.293. The standard InChI is InChI=1S/C18H21ClIN/c1-4-21-18(16-11-15(19)7-8-17(16)20)10-14-9-12(2)5-6-13(14)3/h5-9,11,18,21H,4,10H2,1-3H3. The lowest BCUT2D eigenvalue weighted by atomic mass is 9.95. The fraction of sp³-hybridized carbons (Fsp3) is 0.333. The summed E-state index contributed by atoms with van der Waals surface area (Å²) in [5.74, 6) is 0. The molecule has 0 aliphatic heterocycles. The van der Waals surface area contributed by atoms with Crippen molar-refractivity contribution in [3.8, 4) is 0 Å². The average molecular weight is 414 g/mol. The van der Waals surface area contributed by atoms with Crippen LogP contribution >= 0.6 is 34.2 Å². The molecule has 0 aromatic heterocycles. The van der Waals surface area contributed by atoms with Gasteiger partial charge in [-0.25, -0.2) is 0 Å². The normalized spacial score (nSPS) is 12.4. The highest BCUT2D eigenvalue weighted by Crippen LogP contribution is 2.27. The first-order chi connectivity index (χ1) is 10.0. The second kappa shape index (κ2) is 7.61. The fourth-order valence-electron chi connectivity index (χ4n) is 2.56. The summed E-state index contributed by atoms with van der Waals surface area (Å²) in [7, 11) is 0. The molecule has 0 aliphatic rings. The van der Waals surface area contributed by atoms with Gasteiger partial charge in [0.15, 0.2) is 0 Å². The molecule has 1 nitrogen and oxygen atoms in total. The van der Waals surface area contributed by atoms with Crippen molar-refractivity contribution in [3.63, 3.8) is 0 Å². The molecule has 0 saturated carbocycles. The van der Waals surface area contributed by atoms with Crippen LogP contribution in [0.5, 0.6) is 0 Å². The Kier molecular flexibility index (Phi) is 6.08. The van der Waals surface area contributed by atoms with Gasteiger partial charge in [0.25, 0.3) is 0 Å². The lowest BCUT2D eigenvalue weighted by Crippen LogP contribution is -2.24. The summed E-state index contributed by atoms with van der Waals surface area (Å²) in [5.41, 5.74) is 5.34. The van der Waals surface area contributed by atoms with E-state index in [0.29, 0.717) is 6.04 Å². The maximum Gasteiger partial charge on any atom is 0.0410 e. The highest BCUT2D eigenvalue weighted by Gasteiger charge is 2.16. The molecule has 2 aromatic carbocycles. The molecule has 0 radical (unpaired) electrons. The molecule has 1 N–H and O–H groups in total. The molecule has 0 spiro atoms. The molecule has 2 aromatic rings. The number of rotatable bonds is 5. The van der Waals surface area contributed by atoms with Crippen LogP contribution in [0.1, 0.15) is 35.2 Å². The van der Waals surface area contributed by atoms with Crippen LogP contribution in [0.3, 0.4) is 0 Å². The zero-order chi connectivity index (χ0) is 15.4. The molecule has 0 fully saturated rings. The van der Waals surface area contributed by atoms with E-state index in [1.165, 1.54) is 25.8 Å². The lowest BCUT2D eigenvalue weighted by Gasteiger charge is -2.21. The SMILES string of the molecule is CCNC(Cc1cc(C)ccc1C)c1cc(Cl)ccc1I. The van der Waals surface area contributed by atoms with Gasteiger partial charge in [0.2, 0.25) is 0 Å². The quantitative estimate of drug-likeness (QED) is 0.642. The van der Waals surface area contributed by atoms with Crippen LogP contribution < -0.4 is 5.32 Å². The number of hydrogen-bond donors (Lipinski definition) is 1. The van der Waals surface area contributed by atoms with Crippen LogP contribution in [0.2, 0.25) is 5.02 Å². The topological polar surface area (TPSA) is 12.0 Å². The van der Waals surface area contributed by atoms with Gasteiger partial charge in [0, 0.05) is 14.6 Å². The van der Waals surface area contributed by atoms with Gasteiger partial charge in [-0.3, -0.25) is 0 Å². The Morgan fingerprint density at radius 1 is 1.14 bits per heavy atom. The Bertz CT molecular complexity index is 625. The first kappa shape index (κ1) is 16.8. The second-order valence-corrected chi connectivity index (χ2v) is 7.01. The molecule has 0 amide bonds. The molecular formula is C18H21ClIN. The molecular weight excluding hydrogens is 393 g/mol. The van der Waals surface area contributed by atoms with Crippen molar-refractivity contribution < 1.29 is 0 Å². The minimum Gasteiger partial charge on any atom is -0.310 e. The number of aryl methyl sites for hydroxylation is 2. The van der Waals surface area contributed by atoms with Crippen molar-refractivity contribution >= 4 is 34.2 Å². The van der Waals surface area contributed by atoms with Crippen LogP contribution in [-0.4, -0.2) is 6.54 Å². The summed E-state index contributed by atoms with van der Waals surface area (Å²) in [5, 5.41) is 4.40. The molecule has 0 saturated heterocycles. The van der Waals surface area contributed by atoms with Crippen molar-refractivity contribution in [2.45, 2.75) is 33.2 Å². The summed E-state index contributed by atoms with van der Waals surface area (Å²) in [6.45, 7) is 7.42. The van der Waals surface area contributed by atoms with Gasteiger partial charge >= 0.3 is 0 Å². The fourth-order valence-corrected chi connectivity index (χ4v) is 3.45. The summed E-state index contributed by atoms with van der Waals surface area (Å²) in [4.78, 5) is 0. The molecule has 2 rings (SSSR count). The summed E-state index contributed by atoms with van der Waals surface area (Å²) in [6, 6.07) is 13.1. The molecule has 3 heteroatoms. The highest BCUT2D eigenvalue weighted by atomic mass is 127. The predicted molar refractivity (Wildman–Crippen MR) is 100 cm³/mol. The number of hydrogen-bond acceptors (Lipinski definition) is 1. The number of halogens is 2. The van der Waals surface area contributed by atoms with Gasteiger partial charge in [0.05, 0.1) is 0 Å². The Hall–Kier alpha value is -0.580. The maximum absolute atomic E-state index is 6.19. The number of nitrogens with one attached hydrogen (secondary N) is 1. The Morgan fingerprint density at radius 3 is 2.62 bits per heavy atom. The minimum absolute atomic E-state index is 0.293. The van der Waals surface area contributed by atoms with E-state index in [9.17, 15) is 0 Å². The molecule has 1 atom stereocenters. The highest BCUT2D eigenvalue weighted by molar-refractivity contribution is 14.1. The van der Waals surface area contributed by atoms with Gasteiger partial charge in [-0.05, 0) is 84.3 Å². The molecule has 0 aliphatic carbocycles. The third-order valence-corrected chi connectivity index (χ3v) is 4.93. The van der Waals surface area contributed by atoms with E-state index in [0.717, 1.165) is 18.0 Å². The number of benzene rings is 2. The van der Waals surface area contributed by atoms with Gasteiger partial charge in [-0.15, -0.1) is 0 Å². The van der Waals surface area contributed by atoms with Crippen LogP contribution in [-0.2, 0) is 6.42 Å². The van der Waals surface area contributed by atoms with Crippen molar-refractivity contribution in [2.24, 2.45) is 0 Å². The largest absolute Gasteiger partial charge is 0.310 e. The van der Waals surface area contributed by atoms with E-state index >= 15 is 0 Å². The van der Waals surface area contributed by atoms with Gasteiger partial charge in [-0.1, -0.05) is 42.3 Å². The van der Waals surface area contributed by atoms with Crippen LogP contribution in [0.4, 0.5) is 0 Å². The lowest BCUT2D eigenvalue weighted by molar-refractivity contribution is 0.546.